The number of carbonyl (C=O) groups is 2. The topological polar surface area (TPSA) is 81.7 Å². The van der Waals surface area contributed by atoms with Crippen LogP contribution in [0, 0.1) is 0 Å². The van der Waals surface area contributed by atoms with Gasteiger partial charge in [0.1, 0.15) is 0 Å². The van der Waals surface area contributed by atoms with Gasteiger partial charge in [-0.1, -0.05) is 30.3 Å². The number of anilines is 2. The number of carbonyl (C=O) groups excluding carboxylic acids is 1. The van der Waals surface area contributed by atoms with E-state index >= 15 is 0 Å². The Bertz CT molecular complexity index is 728. The summed E-state index contributed by atoms with van der Waals surface area (Å²) >= 11 is 0. The van der Waals surface area contributed by atoms with E-state index in [0.717, 1.165) is 24.3 Å². The first-order valence-electron chi connectivity index (χ1n) is 9.18. The second-order valence-electron chi connectivity index (χ2n) is 6.23. The number of carboxylic acids is 1. The van der Waals surface area contributed by atoms with Crippen molar-refractivity contribution < 1.29 is 14.7 Å². The molecule has 0 spiro atoms. The third-order valence-corrected chi connectivity index (χ3v) is 4.35. The number of hydrogen-bond donors (Lipinski definition) is 3. The number of hydrogen-bond acceptors (Lipinski definition) is 4. The number of nitrogens with zero attached hydrogens (tertiary/aromatic N) is 1. The first kappa shape index (κ1) is 20.5. The molecule has 0 aromatic heterocycles. The predicted molar refractivity (Wildman–Crippen MR) is 108 cm³/mol. The summed E-state index contributed by atoms with van der Waals surface area (Å²) in [4.78, 5) is 25.9. The molecule has 1 amide bonds. The van der Waals surface area contributed by atoms with Gasteiger partial charge in [-0.05, 0) is 43.7 Å². The van der Waals surface area contributed by atoms with E-state index in [1.807, 2.05) is 54.6 Å². The molecule has 0 saturated carbocycles. The van der Waals surface area contributed by atoms with Crippen LogP contribution in [-0.4, -0.2) is 36.1 Å². The number of carboxylic acid groups (broad SMARTS) is 1. The van der Waals surface area contributed by atoms with Gasteiger partial charge < -0.3 is 20.6 Å². The van der Waals surface area contributed by atoms with Crippen molar-refractivity contribution in [3.63, 3.8) is 0 Å². The van der Waals surface area contributed by atoms with E-state index in [4.69, 9.17) is 5.11 Å². The zero-order chi connectivity index (χ0) is 19.6. The minimum absolute atomic E-state index is 0.282. The summed E-state index contributed by atoms with van der Waals surface area (Å²) in [5.74, 6) is -1.38. The van der Waals surface area contributed by atoms with Crippen LogP contribution in [0.15, 0.2) is 54.6 Å². The molecular weight excluding hydrogens is 342 g/mol. The molecule has 6 nitrogen and oxygen atoms in total. The maximum Gasteiger partial charge on any atom is 0.305 e. The highest BCUT2D eigenvalue weighted by Crippen LogP contribution is 2.18. The molecule has 1 atom stereocenters. The molecule has 0 saturated heterocycles. The van der Waals surface area contributed by atoms with Crippen molar-refractivity contribution in [3.8, 4) is 0 Å². The normalized spacial score (nSPS) is 11.6. The number of amides is 1. The Hall–Kier alpha value is -2.86. The van der Waals surface area contributed by atoms with E-state index in [2.05, 4.69) is 29.4 Å². The van der Waals surface area contributed by atoms with E-state index in [9.17, 15) is 9.59 Å². The van der Waals surface area contributed by atoms with Gasteiger partial charge in [0.2, 0.25) is 5.91 Å². The van der Waals surface area contributed by atoms with Crippen molar-refractivity contribution in [1.29, 1.82) is 0 Å². The average Bonchev–Trinajstić information content (AvgIpc) is 2.68. The minimum Gasteiger partial charge on any atom is -0.481 e. The number of rotatable bonds is 10. The molecule has 2 rings (SSSR count). The first-order valence-corrected chi connectivity index (χ1v) is 9.18. The SMILES string of the molecule is CCN(CC)c1ccc(NC(=O)C(CC(=O)O)NCc2ccccc2)cc1. The molecule has 2 aromatic carbocycles. The zero-order valence-corrected chi connectivity index (χ0v) is 15.8. The zero-order valence-electron chi connectivity index (χ0n) is 15.8. The lowest BCUT2D eigenvalue weighted by molar-refractivity contribution is -0.139. The highest BCUT2D eigenvalue weighted by Gasteiger charge is 2.21. The van der Waals surface area contributed by atoms with Crippen molar-refractivity contribution in [1.82, 2.24) is 5.32 Å². The van der Waals surface area contributed by atoms with Gasteiger partial charge in [0, 0.05) is 31.0 Å². The van der Waals surface area contributed by atoms with Crippen molar-refractivity contribution in [2.45, 2.75) is 32.9 Å². The quantitative estimate of drug-likeness (QED) is 0.599. The standard InChI is InChI=1S/C21H27N3O3/c1-3-24(4-2)18-12-10-17(11-13-18)23-21(27)19(14-20(25)26)22-15-16-8-6-5-7-9-16/h5-13,19,22H,3-4,14-15H2,1-2H3,(H,23,27)(H,25,26). The fourth-order valence-electron chi connectivity index (χ4n) is 2.84. The van der Waals surface area contributed by atoms with Crippen molar-refractivity contribution in [2.75, 3.05) is 23.3 Å². The van der Waals surface area contributed by atoms with Crippen LogP contribution < -0.4 is 15.5 Å². The molecule has 144 valence electrons. The summed E-state index contributed by atoms with van der Waals surface area (Å²) in [5, 5.41) is 15.0. The van der Waals surface area contributed by atoms with Crippen LogP contribution in [0.1, 0.15) is 25.8 Å². The molecule has 3 N–H and O–H groups in total. The van der Waals surface area contributed by atoms with Gasteiger partial charge in [-0.3, -0.25) is 9.59 Å². The summed E-state index contributed by atoms with van der Waals surface area (Å²) in [6.45, 7) is 6.42. The largest absolute Gasteiger partial charge is 0.481 e. The molecule has 0 radical (unpaired) electrons. The fraction of sp³-hybridized carbons (Fsp3) is 0.333. The fourth-order valence-corrected chi connectivity index (χ4v) is 2.84. The molecule has 0 aliphatic carbocycles. The Morgan fingerprint density at radius 2 is 1.63 bits per heavy atom. The van der Waals surface area contributed by atoms with Gasteiger partial charge in [0.05, 0.1) is 12.5 Å². The third-order valence-electron chi connectivity index (χ3n) is 4.35. The lowest BCUT2D eigenvalue weighted by atomic mass is 10.1. The predicted octanol–water partition coefficient (Wildman–Crippen LogP) is 3.10. The van der Waals surface area contributed by atoms with Crippen molar-refractivity contribution >= 4 is 23.3 Å². The molecule has 0 fully saturated rings. The highest BCUT2D eigenvalue weighted by atomic mass is 16.4. The van der Waals surface area contributed by atoms with Crippen LogP contribution >= 0.6 is 0 Å². The van der Waals surface area contributed by atoms with Crippen molar-refractivity contribution in [2.24, 2.45) is 0 Å². The van der Waals surface area contributed by atoms with Crippen LogP contribution in [0.4, 0.5) is 11.4 Å². The average molecular weight is 369 g/mol. The van der Waals surface area contributed by atoms with Gasteiger partial charge in [-0.2, -0.15) is 0 Å². The van der Waals surface area contributed by atoms with Crippen LogP contribution in [0.5, 0.6) is 0 Å². The Labute approximate surface area is 160 Å². The minimum atomic E-state index is -1.02. The molecule has 0 bridgehead atoms. The van der Waals surface area contributed by atoms with Crippen LogP contribution in [-0.2, 0) is 16.1 Å². The Morgan fingerprint density at radius 3 is 2.19 bits per heavy atom. The molecule has 2 aromatic rings. The van der Waals surface area contributed by atoms with Gasteiger partial charge in [-0.15, -0.1) is 0 Å². The Balaban J connectivity index is 2.01. The second-order valence-corrected chi connectivity index (χ2v) is 6.23. The van der Waals surface area contributed by atoms with Gasteiger partial charge in [0.15, 0.2) is 0 Å². The number of benzene rings is 2. The number of nitrogens with one attached hydrogen (secondary N) is 2. The monoisotopic (exact) mass is 369 g/mol. The number of aliphatic carboxylic acids is 1. The summed E-state index contributed by atoms with van der Waals surface area (Å²) in [6.07, 6.45) is -0.282. The molecule has 0 heterocycles. The van der Waals surface area contributed by atoms with E-state index < -0.39 is 12.0 Å². The van der Waals surface area contributed by atoms with E-state index in [1.165, 1.54) is 0 Å². The lowest BCUT2D eigenvalue weighted by Gasteiger charge is -2.21. The van der Waals surface area contributed by atoms with E-state index in [-0.39, 0.29) is 12.3 Å². The molecule has 6 heteroatoms. The Kier molecular flexibility index (Phi) is 7.82. The smallest absolute Gasteiger partial charge is 0.305 e. The highest BCUT2D eigenvalue weighted by molar-refractivity contribution is 5.96. The summed E-state index contributed by atoms with van der Waals surface area (Å²) in [5.41, 5.74) is 2.72. The Morgan fingerprint density at radius 1 is 1.00 bits per heavy atom. The maximum absolute atomic E-state index is 12.6. The summed E-state index contributed by atoms with van der Waals surface area (Å²) in [6, 6.07) is 16.3. The maximum atomic E-state index is 12.6. The second kappa shape index (κ2) is 10.3. The van der Waals surface area contributed by atoms with Crippen LogP contribution in [0.25, 0.3) is 0 Å². The van der Waals surface area contributed by atoms with Gasteiger partial charge in [0.25, 0.3) is 0 Å². The van der Waals surface area contributed by atoms with Crippen LogP contribution in [0.3, 0.4) is 0 Å². The molecule has 0 aliphatic rings. The third kappa shape index (κ3) is 6.42. The van der Waals surface area contributed by atoms with Crippen molar-refractivity contribution in [3.05, 3.63) is 60.2 Å². The van der Waals surface area contributed by atoms with Crippen LogP contribution in [0.2, 0.25) is 0 Å². The molecular formula is C21H27N3O3. The first-order chi connectivity index (χ1) is 13.0. The molecule has 1 unspecified atom stereocenters. The van der Waals surface area contributed by atoms with E-state index in [0.29, 0.717) is 12.2 Å². The van der Waals surface area contributed by atoms with Gasteiger partial charge >= 0.3 is 5.97 Å². The molecule has 0 aliphatic heterocycles. The molecule has 27 heavy (non-hydrogen) atoms. The van der Waals surface area contributed by atoms with Gasteiger partial charge in [-0.25, -0.2) is 0 Å². The summed E-state index contributed by atoms with van der Waals surface area (Å²) in [7, 11) is 0. The summed E-state index contributed by atoms with van der Waals surface area (Å²) < 4.78 is 0. The van der Waals surface area contributed by atoms with E-state index in [1.54, 1.807) is 0 Å². The lowest BCUT2D eigenvalue weighted by Crippen LogP contribution is -2.41.